The second kappa shape index (κ2) is 8.11. The molecule has 4 rings (SSSR count). The zero-order chi connectivity index (χ0) is 20.4. The van der Waals surface area contributed by atoms with Crippen molar-refractivity contribution in [3.63, 3.8) is 0 Å². The molecule has 0 spiro atoms. The molecule has 0 aromatic heterocycles. The fourth-order valence-electron chi connectivity index (χ4n) is 4.39. The number of nitrogens with zero attached hydrogens (tertiary/aromatic N) is 2. The summed E-state index contributed by atoms with van der Waals surface area (Å²) in [5.41, 5.74) is 4.12. The number of amides is 2. The SMILES string of the molecule is C=CC(=O)N1CCc2ccc(C(=O)N3CCC(c4ccccc4OC)C3)cc2C1. The van der Waals surface area contributed by atoms with E-state index in [1.165, 1.54) is 11.6 Å². The second-order valence-electron chi connectivity index (χ2n) is 7.68. The van der Waals surface area contributed by atoms with Crippen molar-refractivity contribution in [1.29, 1.82) is 0 Å². The monoisotopic (exact) mass is 390 g/mol. The van der Waals surface area contributed by atoms with Gasteiger partial charge in [-0.1, -0.05) is 30.8 Å². The number of fused-ring (bicyclic) bond motifs is 1. The summed E-state index contributed by atoms with van der Waals surface area (Å²) in [6, 6.07) is 13.9. The average molecular weight is 390 g/mol. The zero-order valence-corrected chi connectivity index (χ0v) is 16.8. The summed E-state index contributed by atoms with van der Waals surface area (Å²) in [5.74, 6) is 1.16. The highest BCUT2D eigenvalue weighted by Crippen LogP contribution is 2.34. The molecule has 0 radical (unpaired) electrons. The molecule has 2 aliphatic heterocycles. The van der Waals surface area contributed by atoms with E-state index in [0.717, 1.165) is 36.3 Å². The molecule has 2 aromatic rings. The van der Waals surface area contributed by atoms with Gasteiger partial charge in [-0.25, -0.2) is 0 Å². The molecule has 29 heavy (non-hydrogen) atoms. The van der Waals surface area contributed by atoms with Crippen molar-refractivity contribution in [2.24, 2.45) is 0 Å². The minimum atomic E-state index is -0.0634. The third kappa shape index (κ3) is 3.77. The van der Waals surface area contributed by atoms with Crippen molar-refractivity contribution in [3.8, 4) is 5.75 Å². The van der Waals surface area contributed by atoms with E-state index >= 15 is 0 Å². The Hall–Kier alpha value is -3.08. The molecule has 150 valence electrons. The van der Waals surface area contributed by atoms with Crippen LogP contribution in [0, 0.1) is 0 Å². The van der Waals surface area contributed by atoms with E-state index in [1.807, 2.05) is 41.3 Å². The Morgan fingerprint density at radius 3 is 2.72 bits per heavy atom. The first-order chi connectivity index (χ1) is 14.1. The first-order valence-corrected chi connectivity index (χ1v) is 10.1. The molecule has 2 amide bonds. The maximum absolute atomic E-state index is 13.1. The van der Waals surface area contributed by atoms with Crippen molar-refractivity contribution in [2.45, 2.75) is 25.3 Å². The number of benzene rings is 2. The Balaban J connectivity index is 1.49. The molecule has 1 fully saturated rings. The normalized spacial score (nSPS) is 18.3. The molecule has 1 atom stereocenters. The average Bonchev–Trinajstić information content (AvgIpc) is 3.27. The summed E-state index contributed by atoms with van der Waals surface area (Å²) in [6.07, 6.45) is 3.09. The van der Waals surface area contributed by atoms with Crippen LogP contribution >= 0.6 is 0 Å². The zero-order valence-electron chi connectivity index (χ0n) is 16.8. The third-order valence-electron chi connectivity index (χ3n) is 6.01. The first-order valence-electron chi connectivity index (χ1n) is 10.1. The molecule has 2 aliphatic rings. The predicted molar refractivity (Wildman–Crippen MR) is 112 cm³/mol. The van der Waals surface area contributed by atoms with Crippen LogP contribution in [0.1, 0.15) is 39.4 Å². The number of carbonyl (C=O) groups excluding carboxylic acids is 2. The van der Waals surface area contributed by atoms with Gasteiger partial charge in [0, 0.05) is 37.7 Å². The number of hydrogen-bond acceptors (Lipinski definition) is 3. The summed E-state index contributed by atoms with van der Waals surface area (Å²) < 4.78 is 5.50. The van der Waals surface area contributed by atoms with Crippen LogP contribution in [0.2, 0.25) is 0 Å². The van der Waals surface area contributed by atoms with Gasteiger partial charge < -0.3 is 14.5 Å². The molecule has 1 unspecified atom stereocenters. The maximum Gasteiger partial charge on any atom is 0.253 e. The van der Waals surface area contributed by atoms with E-state index in [2.05, 4.69) is 12.6 Å². The van der Waals surface area contributed by atoms with E-state index in [9.17, 15) is 9.59 Å². The predicted octanol–water partition coefficient (Wildman–Crippen LogP) is 3.40. The van der Waals surface area contributed by atoms with Gasteiger partial charge in [-0.15, -0.1) is 0 Å². The summed E-state index contributed by atoms with van der Waals surface area (Å²) in [7, 11) is 1.68. The fourth-order valence-corrected chi connectivity index (χ4v) is 4.39. The van der Waals surface area contributed by atoms with Crippen molar-refractivity contribution < 1.29 is 14.3 Å². The lowest BCUT2D eigenvalue weighted by Gasteiger charge is -2.28. The summed E-state index contributed by atoms with van der Waals surface area (Å²) >= 11 is 0. The highest BCUT2D eigenvalue weighted by atomic mass is 16.5. The van der Waals surface area contributed by atoms with Gasteiger partial charge in [-0.05, 0) is 53.8 Å². The quantitative estimate of drug-likeness (QED) is 0.752. The maximum atomic E-state index is 13.1. The van der Waals surface area contributed by atoms with Gasteiger partial charge >= 0.3 is 0 Å². The third-order valence-corrected chi connectivity index (χ3v) is 6.01. The van der Waals surface area contributed by atoms with E-state index in [-0.39, 0.29) is 17.7 Å². The molecule has 0 bridgehead atoms. The minimum absolute atomic E-state index is 0.0531. The highest BCUT2D eigenvalue weighted by molar-refractivity contribution is 5.95. The van der Waals surface area contributed by atoms with E-state index in [4.69, 9.17) is 4.74 Å². The Bertz CT molecular complexity index is 953. The molecule has 1 saturated heterocycles. The molecular weight excluding hydrogens is 364 g/mol. The van der Waals surface area contributed by atoms with Crippen molar-refractivity contribution in [1.82, 2.24) is 9.80 Å². The largest absolute Gasteiger partial charge is 0.496 e. The van der Waals surface area contributed by atoms with E-state index in [0.29, 0.717) is 25.2 Å². The number of likely N-dealkylation sites (tertiary alicyclic amines) is 1. The van der Waals surface area contributed by atoms with Gasteiger partial charge in [-0.3, -0.25) is 9.59 Å². The van der Waals surface area contributed by atoms with Gasteiger partial charge in [0.05, 0.1) is 7.11 Å². The molecule has 5 heteroatoms. The lowest BCUT2D eigenvalue weighted by Crippen LogP contribution is -2.35. The summed E-state index contributed by atoms with van der Waals surface area (Å²) in [6.45, 7) is 6.23. The lowest BCUT2D eigenvalue weighted by atomic mass is 9.96. The fraction of sp³-hybridized carbons (Fsp3) is 0.333. The van der Waals surface area contributed by atoms with Gasteiger partial charge in [0.15, 0.2) is 0 Å². The molecule has 0 aliphatic carbocycles. The number of para-hydroxylation sites is 1. The van der Waals surface area contributed by atoms with Crippen LogP contribution in [0.5, 0.6) is 5.75 Å². The van der Waals surface area contributed by atoms with Crippen LogP contribution in [-0.4, -0.2) is 48.4 Å². The van der Waals surface area contributed by atoms with Crippen LogP contribution in [0.3, 0.4) is 0 Å². The van der Waals surface area contributed by atoms with Gasteiger partial charge in [-0.2, -0.15) is 0 Å². The van der Waals surface area contributed by atoms with Crippen molar-refractivity contribution in [2.75, 3.05) is 26.7 Å². The van der Waals surface area contributed by atoms with Crippen LogP contribution in [0.25, 0.3) is 0 Å². The van der Waals surface area contributed by atoms with Gasteiger partial charge in [0.2, 0.25) is 5.91 Å². The molecule has 2 aromatic carbocycles. The summed E-state index contributed by atoms with van der Waals surface area (Å²) in [5, 5.41) is 0. The molecular formula is C24H26N2O3. The highest BCUT2D eigenvalue weighted by Gasteiger charge is 2.30. The van der Waals surface area contributed by atoms with Crippen molar-refractivity contribution in [3.05, 3.63) is 77.4 Å². The molecule has 0 N–H and O–H groups in total. The number of methoxy groups -OCH3 is 1. The van der Waals surface area contributed by atoms with Crippen LogP contribution in [0.4, 0.5) is 0 Å². The topological polar surface area (TPSA) is 49.9 Å². The lowest BCUT2D eigenvalue weighted by molar-refractivity contribution is -0.126. The molecule has 5 nitrogen and oxygen atoms in total. The Morgan fingerprint density at radius 2 is 1.93 bits per heavy atom. The van der Waals surface area contributed by atoms with Crippen LogP contribution in [0.15, 0.2) is 55.1 Å². The minimum Gasteiger partial charge on any atom is -0.496 e. The molecule has 0 saturated carbocycles. The van der Waals surface area contributed by atoms with E-state index < -0.39 is 0 Å². The number of ether oxygens (including phenoxy) is 1. The van der Waals surface area contributed by atoms with Gasteiger partial charge in [0.1, 0.15) is 5.75 Å². The van der Waals surface area contributed by atoms with Crippen molar-refractivity contribution >= 4 is 11.8 Å². The van der Waals surface area contributed by atoms with E-state index in [1.54, 1.807) is 12.0 Å². The summed E-state index contributed by atoms with van der Waals surface area (Å²) in [4.78, 5) is 28.8. The number of hydrogen-bond donors (Lipinski definition) is 0. The Morgan fingerprint density at radius 1 is 1.10 bits per heavy atom. The molecule has 2 heterocycles. The first kappa shape index (κ1) is 19.2. The Labute approximate surface area is 171 Å². The van der Waals surface area contributed by atoms with Crippen LogP contribution < -0.4 is 4.74 Å². The van der Waals surface area contributed by atoms with Crippen LogP contribution in [-0.2, 0) is 17.8 Å². The standard InChI is InChI=1S/C24H26N2O3/c1-3-23(27)25-12-10-17-8-9-18(14-20(17)16-25)24(28)26-13-11-19(15-26)21-6-4-5-7-22(21)29-2/h3-9,14,19H,1,10-13,15-16H2,2H3. The second-order valence-corrected chi connectivity index (χ2v) is 7.68. The Kier molecular flexibility index (Phi) is 5.38. The van der Waals surface area contributed by atoms with Gasteiger partial charge in [0.25, 0.3) is 5.91 Å². The number of carbonyl (C=O) groups is 2. The number of rotatable bonds is 4. The smallest absolute Gasteiger partial charge is 0.253 e.